The third kappa shape index (κ3) is 1.20. The van der Waals surface area contributed by atoms with Crippen LogP contribution < -0.4 is 9.64 Å². The van der Waals surface area contributed by atoms with Crippen molar-refractivity contribution in [3.8, 4) is 5.75 Å². The van der Waals surface area contributed by atoms with Gasteiger partial charge in [-0.15, -0.1) is 0 Å². The van der Waals surface area contributed by atoms with Gasteiger partial charge in [-0.3, -0.25) is 0 Å². The van der Waals surface area contributed by atoms with Gasteiger partial charge in [0.05, 0.1) is 19.5 Å². The van der Waals surface area contributed by atoms with Gasteiger partial charge in [-0.05, 0) is 6.42 Å². The van der Waals surface area contributed by atoms with E-state index in [1.165, 1.54) is 6.42 Å². The number of hydrogen-bond donors (Lipinski definition) is 0. The van der Waals surface area contributed by atoms with E-state index in [1.54, 1.807) is 19.5 Å². The van der Waals surface area contributed by atoms with Crippen LogP contribution in [0.1, 0.15) is 6.42 Å². The normalized spacial score (nSPS) is 15.6. The first-order chi connectivity index (χ1) is 5.90. The monoisotopic (exact) mass is 165 g/mol. The maximum atomic E-state index is 4.96. The maximum absolute atomic E-state index is 4.96. The Morgan fingerprint density at radius 2 is 2.00 bits per heavy atom. The Hall–Kier alpha value is -1.32. The van der Waals surface area contributed by atoms with Crippen molar-refractivity contribution in [2.75, 3.05) is 25.1 Å². The lowest BCUT2D eigenvalue weighted by Crippen LogP contribution is -2.38. The van der Waals surface area contributed by atoms with E-state index in [9.17, 15) is 0 Å². The summed E-state index contributed by atoms with van der Waals surface area (Å²) in [5.74, 6) is 1.52. The van der Waals surface area contributed by atoms with Gasteiger partial charge in [0.1, 0.15) is 0 Å². The molecular weight excluding hydrogens is 154 g/mol. The molecular formula is C8H11N3O. The first kappa shape index (κ1) is 7.34. The molecule has 0 unspecified atom stereocenters. The van der Waals surface area contributed by atoms with Gasteiger partial charge in [0.25, 0.3) is 0 Å². The Balaban J connectivity index is 2.13. The Labute approximate surface area is 71.2 Å². The highest BCUT2D eigenvalue weighted by Gasteiger charge is 2.16. The van der Waals surface area contributed by atoms with Crippen LogP contribution in [0, 0.1) is 0 Å². The average Bonchev–Trinajstić information content (AvgIpc) is 2.03. The Morgan fingerprint density at radius 3 is 2.42 bits per heavy atom. The summed E-state index contributed by atoms with van der Waals surface area (Å²) < 4.78 is 4.96. The molecule has 1 saturated heterocycles. The highest BCUT2D eigenvalue weighted by atomic mass is 16.5. The summed E-state index contributed by atoms with van der Waals surface area (Å²) in [4.78, 5) is 10.5. The van der Waals surface area contributed by atoms with Gasteiger partial charge in [0.15, 0.2) is 5.75 Å². The van der Waals surface area contributed by atoms with E-state index in [4.69, 9.17) is 4.74 Å². The summed E-state index contributed by atoms with van der Waals surface area (Å²) in [6.07, 6.45) is 4.64. The molecule has 4 nitrogen and oxygen atoms in total. The van der Waals surface area contributed by atoms with Crippen molar-refractivity contribution < 1.29 is 4.74 Å². The molecule has 0 aromatic carbocycles. The van der Waals surface area contributed by atoms with E-state index < -0.39 is 0 Å². The predicted octanol–water partition coefficient (Wildman–Crippen LogP) is 0.695. The quantitative estimate of drug-likeness (QED) is 0.646. The summed E-state index contributed by atoms with van der Waals surface area (Å²) in [5, 5.41) is 0. The molecule has 0 saturated carbocycles. The first-order valence-electron chi connectivity index (χ1n) is 4.01. The van der Waals surface area contributed by atoms with E-state index in [0.29, 0.717) is 5.75 Å². The summed E-state index contributed by atoms with van der Waals surface area (Å²) in [5.41, 5.74) is 0. The number of ether oxygens (including phenoxy) is 1. The van der Waals surface area contributed by atoms with E-state index in [2.05, 4.69) is 14.9 Å². The molecule has 1 aliphatic rings. The van der Waals surface area contributed by atoms with Crippen LogP contribution >= 0.6 is 0 Å². The van der Waals surface area contributed by atoms with Crippen molar-refractivity contribution in [2.45, 2.75) is 6.42 Å². The van der Waals surface area contributed by atoms with Crippen molar-refractivity contribution in [3.63, 3.8) is 0 Å². The van der Waals surface area contributed by atoms with E-state index in [-0.39, 0.29) is 0 Å². The molecule has 0 bridgehead atoms. The zero-order chi connectivity index (χ0) is 8.39. The van der Waals surface area contributed by atoms with Gasteiger partial charge in [-0.1, -0.05) is 0 Å². The van der Waals surface area contributed by atoms with Crippen LogP contribution in [0.4, 0.5) is 5.95 Å². The number of rotatable bonds is 2. The molecule has 4 heteroatoms. The van der Waals surface area contributed by atoms with Gasteiger partial charge in [0, 0.05) is 13.1 Å². The molecule has 0 atom stereocenters. The van der Waals surface area contributed by atoms with E-state index >= 15 is 0 Å². The van der Waals surface area contributed by atoms with Crippen LogP contribution in [0.15, 0.2) is 12.4 Å². The fraction of sp³-hybridized carbons (Fsp3) is 0.500. The Kier molecular flexibility index (Phi) is 1.81. The van der Waals surface area contributed by atoms with Crippen molar-refractivity contribution in [1.82, 2.24) is 9.97 Å². The van der Waals surface area contributed by atoms with Crippen molar-refractivity contribution in [2.24, 2.45) is 0 Å². The number of nitrogens with zero attached hydrogens (tertiary/aromatic N) is 3. The summed E-state index contributed by atoms with van der Waals surface area (Å²) >= 11 is 0. The van der Waals surface area contributed by atoms with Crippen LogP contribution in [0.25, 0.3) is 0 Å². The van der Waals surface area contributed by atoms with Gasteiger partial charge in [0.2, 0.25) is 5.95 Å². The van der Waals surface area contributed by atoms with E-state index in [1.807, 2.05) is 0 Å². The fourth-order valence-corrected chi connectivity index (χ4v) is 1.09. The third-order valence-corrected chi connectivity index (χ3v) is 1.99. The number of aromatic nitrogens is 2. The molecule has 1 aromatic rings. The molecule has 1 fully saturated rings. The highest BCUT2D eigenvalue weighted by Crippen LogP contribution is 2.16. The second-order valence-corrected chi connectivity index (χ2v) is 2.76. The van der Waals surface area contributed by atoms with Crippen LogP contribution in [-0.2, 0) is 0 Å². The smallest absolute Gasteiger partial charge is 0.225 e. The Bertz CT molecular complexity index is 256. The molecule has 1 aromatic heterocycles. The summed E-state index contributed by atoms with van der Waals surface area (Å²) in [6, 6.07) is 0. The molecule has 2 heterocycles. The molecule has 0 amide bonds. The lowest BCUT2D eigenvalue weighted by Gasteiger charge is -2.30. The lowest BCUT2D eigenvalue weighted by atomic mass is 10.2. The van der Waals surface area contributed by atoms with Crippen LogP contribution in [0.2, 0.25) is 0 Å². The minimum Gasteiger partial charge on any atom is -0.494 e. The van der Waals surface area contributed by atoms with Gasteiger partial charge < -0.3 is 9.64 Å². The number of methoxy groups -OCH3 is 1. The summed E-state index contributed by atoms with van der Waals surface area (Å²) in [6.45, 7) is 2.15. The average molecular weight is 165 g/mol. The van der Waals surface area contributed by atoms with Crippen molar-refractivity contribution in [1.29, 1.82) is 0 Å². The molecule has 1 aliphatic heterocycles. The topological polar surface area (TPSA) is 38.2 Å². The molecule has 0 N–H and O–H groups in total. The first-order valence-corrected chi connectivity index (χ1v) is 4.01. The second kappa shape index (κ2) is 2.97. The molecule has 0 aliphatic carbocycles. The minimum absolute atomic E-state index is 0.708. The van der Waals surface area contributed by atoms with Crippen molar-refractivity contribution in [3.05, 3.63) is 12.4 Å². The zero-order valence-corrected chi connectivity index (χ0v) is 7.03. The highest BCUT2D eigenvalue weighted by molar-refractivity contribution is 5.33. The molecule has 0 radical (unpaired) electrons. The second-order valence-electron chi connectivity index (χ2n) is 2.76. The van der Waals surface area contributed by atoms with Gasteiger partial charge in [-0.25, -0.2) is 9.97 Å². The molecule has 64 valence electrons. The SMILES string of the molecule is COc1cnc(N2CCC2)nc1. The maximum Gasteiger partial charge on any atom is 0.225 e. The standard InChI is InChI=1S/C8H11N3O/c1-12-7-5-9-8(10-6-7)11-3-2-4-11/h5-6H,2-4H2,1H3. The van der Waals surface area contributed by atoms with Crippen LogP contribution in [-0.4, -0.2) is 30.2 Å². The number of anilines is 1. The van der Waals surface area contributed by atoms with Gasteiger partial charge >= 0.3 is 0 Å². The third-order valence-electron chi connectivity index (χ3n) is 1.99. The van der Waals surface area contributed by atoms with Crippen molar-refractivity contribution >= 4 is 5.95 Å². The molecule has 2 rings (SSSR count). The minimum atomic E-state index is 0.708. The van der Waals surface area contributed by atoms with Crippen LogP contribution in [0.3, 0.4) is 0 Å². The largest absolute Gasteiger partial charge is 0.494 e. The lowest BCUT2D eigenvalue weighted by molar-refractivity contribution is 0.410. The van der Waals surface area contributed by atoms with Gasteiger partial charge in [-0.2, -0.15) is 0 Å². The Morgan fingerprint density at radius 1 is 1.33 bits per heavy atom. The van der Waals surface area contributed by atoms with Crippen LogP contribution in [0.5, 0.6) is 5.75 Å². The molecule has 0 spiro atoms. The number of hydrogen-bond acceptors (Lipinski definition) is 4. The zero-order valence-electron chi connectivity index (χ0n) is 7.03. The fourth-order valence-electron chi connectivity index (χ4n) is 1.09. The predicted molar refractivity (Wildman–Crippen MR) is 45.4 cm³/mol. The van der Waals surface area contributed by atoms with E-state index in [0.717, 1.165) is 19.0 Å². The molecule has 12 heavy (non-hydrogen) atoms. The summed E-state index contributed by atoms with van der Waals surface area (Å²) in [7, 11) is 1.61.